The number of halogens is 1. The summed E-state index contributed by atoms with van der Waals surface area (Å²) in [7, 11) is 1.58. The second-order valence-electron chi connectivity index (χ2n) is 5.56. The van der Waals surface area contributed by atoms with Crippen molar-refractivity contribution in [2.45, 2.75) is 6.42 Å². The molecular formula is C19H17BrN2O3. The number of aromatic nitrogens is 1. The number of rotatable bonds is 5. The molecule has 128 valence electrons. The molecule has 0 aliphatic rings. The van der Waals surface area contributed by atoms with Gasteiger partial charge in [-0.3, -0.25) is 9.59 Å². The monoisotopic (exact) mass is 400 g/mol. The maximum atomic E-state index is 12.2. The molecular weight excluding hydrogens is 384 g/mol. The van der Waals surface area contributed by atoms with Crippen LogP contribution in [-0.4, -0.2) is 24.5 Å². The summed E-state index contributed by atoms with van der Waals surface area (Å²) in [6.45, 7) is 0.380. The molecule has 0 radical (unpaired) electrons. The highest BCUT2D eigenvalue weighted by Crippen LogP contribution is 2.18. The molecule has 0 saturated carbocycles. The number of fused-ring (bicyclic) bond motifs is 1. The third kappa shape index (κ3) is 3.91. The Balaban J connectivity index is 1.71. The Morgan fingerprint density at radius 3 is 2.76 bits per heavy atom. The number of methoxy groups -OCH3 is 1. The molecule has 0 saturated heterocycles. The summed E-state index contributed by atoms with van der Waals surface area (Å²) in [5.74, 6) is 0.519. The molecule has 5 nitrogen and oxygen atoms in total. The summed E-state index contributed by atoms with van der Waals surface area (Å²) in [5.41, 5.74) is 1.77. The highest BCUT2D eigenvalue weighted by Gasteiger charge is 2.09. The average Bonchev–Trinajstić information content (AvgIpc) is 2.62. The normalized spacial score (nSPS) is 10.6. The number of carbonyl (C=O) groups excluding carboxylic acids is 1. The predicted octanol–water partition coefficient (Wildman–Crippen LogP) is 3.27. The maximum absolute atomic E-state index is 12.2. The number of aromatic amines is 1. The fourth-order valence-corrected chi connectivity index (χ4v) is 3.05. The Bertz CT molecular complexity index is 982. The van der Waals surface area contributed by atoms with Crippen LogP contribution in [0, 0.1) is 0 Å². The van der Waals surface area contributed by atoms with E-state index in [1.807, 2.05) is 36.4 Å². The summed E-state index contributed by atoms with van der Waals surface area (Å²) in [6.07, 6.45) is 0.452. The van der Waals surface area contributed by atoms with Gasteiger partial charge in [-0.05, 0) is 58.1 Å². The van der Waals surface area contributed by atoms with E-state index in [0.29, 0.717) is 29.8 Å². The van der Waals surface area contributed by atoms with Gasteiger partial charge in [0.05, 0.1) is 18.2 Å². The molecule has 1 aromatic heterocycles. The Kier molecular flexibility index (Phi) is 5.19. The highest BCUT2D eigenvalue weighted by molar-refractivity contribution is 9.10. The van der Waals surface area contributed by atoms with Crippen LogP contribution in [0.25, 0.3) is 10.9 Å². The largest absolute Gasteiger partial charge is 0.497 e. The zero-order valence-electron chi connectivity index (χ0n) is 13.6. The summed E-state index contributed by atoms with van der Waals surface area (Å²) >= 11 is 3.36. The van der Waals surface area contributed by atoms with Crippen molar-refractivity contribution in [1.29, 1.82) is 0 Å². The maximum Gasteiger partial charge on any atom is 0.252 e. The van der Waals surface area contributed by atoms with Crippen LogP contribution in [0.1, 0.15) is 15.9 Å². The van der Waals surface area contributed by atoms with E-state index in [0.717, 1.165) is 15.4 Å². The van der Waals surface area contributed by atoms with E-state index in [2.05, 4.69) is 26.2 Å². The van der Waals surface area contributed by atoms with E-state index in [1.54, 1.807) is 19.2 Å². The number of benzene rings is 2. The molecule has 0 atom stereocenters. The summed E-state index contributed by atoms with van der Waals surface area (Å²) in [5, 5.41) is 3.76. The Morgan fingerprint density at radius 1 is 1.20 bits per heavy atom. The van der Waals surface area contributed by atoms with Crippen molar-refractivity contribution in [3.63, 3.8) is 0 Å². The fraction of sp³-hybridized carbons (Fsp3) is 0.158. The molecule has 6 heteroatoms. The SMILES string of the molecule is COc1ccc2cc(CCNC(=O)c3ccccc3Br)c(=O)[nH]c2c1. The topological polar surface area (TPSA) is 71.2 Å². The molecule has 1 heterocycles. The molecule has 0 aliphatic heterocycles. The van der Waals surface area contributed by atoms with Gasteiger partial charge in [-0.2, -0.15) is 0 Å². The lowest BCUT2D eigenvalue weighted by molar-refractivity contribution is 0.0953. The van der Waals surface area contributed by atoms with Crippen LogP contribution in [0.5, 0.6) is 5.75 Å². The van der Waals surface area contributed by atoms with E-state index < -0.39 is 0 Å². The van der Waals surface area contributed by atoms with Crippen molar-refractivity contribution in [1.82, 2.24) is 10.3 Å². The van der Waals surface area contributed by atoms with Crippen LogP contribution in [-0.2, 0) is 6.42 Å². The molecule has 2 N–H and O–H groups in total. The van der Waals surface area contributed by atoms with Crippen LogP contribution in [0.4, 0.5) is 0 Å². The number of H-pyrrole nitrogens is 1. The number of hydrogen-bond acceptors (Lipinski definition) is 3. The first kappa shape index (κ1) is 17.2. The first-order valence-electron chi connectivity index (χ1n) is 7.81. The number of amides is 1. The molecule has 25 heavy (non-hydrogen) atoms. The summed E-state index contributed by atoms with van der Waals surface area (Å²) < 4.78 is 5.90. The lowest BCUT2D eigenvalue weighted by Crippen LogP contribution is -2.27. The standard InChI is InChI=1S/C19H17BrN2O3/c1-25-14-7-6-12-10-13(18(23)22-17(12)11-14)8-9-21-19(24)15-4-2-3-5-16(15)20/h2-7,10-11H,8-9H2,1H3,(H,21,24)(H,22,23). The number of hydrogen-bond donors (Lipinski definition) is 2. The van der Waals surface area contributed by atoms with Crippen molar-refractivity contribution in [2.75, 3.05) is 13.7 Å². The van der Waals surface area contributed by atoms with Crippen LogP contribution in [0.3, 0.4) is 0 Å². The predicted molar refractivity (Wildman–Crippen MR) is 101 cm³/mol. The van der Waals surface area contributed by atoms with Crippen molar-refractivity contribution >= 4 is 32.7 Å². The molecule has 1 amide bonds. The first-order chi connectivity index (χ1) is 12.1. The highest BCUT2D eigenvalue weighted by atomic mass is 79.9. The van der Waals surface area contributed by atoms with Gasteiger partial charge in [0.15, 0.2) is 0 Å². The molecule has 2 aromatic carbocycles. The van der Waals surface area contributed by atoms with Gasteiger partial charge in [-0.15, -0.1) is 0 Å². The molecule has 0 fully saturated rings. The Hall–Kier alpha value is -2.60. The first-order valence-corrected chi connectivity index (χ1v) is 8.60. The Morgan fingerprint density at radius 2 is 2.00 bits per heavy atom. The minimum atomic E-state index is -0.172. The second-order valence-corrected chi connectivity index (χ2v) is 6.42. The fourth-order valence-electron chi connectivity index (χ4n) is 2.59. The van der Waals surface area contributed by atoms with Crippen LogP contribution >= 0.6 is 15.9 Å². The molecule has 0 unspecified atom stereocenters. The van der Waals surface area contributed by atoms with E-state index in [4.69, 9.17) is 4.74 Å². The van der Waals surface area contributed by atoms with E-state index in [1.165, 1.54) is 0 Å². The summed E-state index contributed by atoms with van der Waals surface area (Å²) in [6, 6.07) is 14.6. The van der Waals surface area contributed by atoms with Gasteiger partial charge in [0.25, 0.3) is 11.5 Å². The quantitative estimate of drug-likeness (QED) is 0.690. The van der Waals surface area contributed by atoms with Crippen molar-refractivity contribution in [2.24, 2.45) is 0 Å². The van der Waals surface area contributed by atoms with E-state index in [-0.39, 0.29) is 11.5 Å². The van der Waals surface area contributed by atoms with Gasteiger partial charge in [0.2, 0.25) is 0 Å². The zero-order valence-corrected chi connectivity index (χ0v) is 15.2. The van der Waals surface area contributed by atoms with Gasteiger partial charge in [0, 0.05) is 22.6 Å². The zero-order chi connectivity index (χ0) is 17.8. The van der Waals surface area contributed by atoms with Gasteiger partial charge in [0.1, 0.15) is 5.75 Å². The van der Waals surface area contributed by atoms with Crippen LogP contribution in [0.15, 0.2) is 57.8 Å². The number of pyridine rings is 1. The molecule has 0 spiro atoms. The van der Waals surface area contributed by atoms with Gasteiger partial charge < -0.3 is 15.0 Å². The minimum Gasteiger partial charge on any atom is -0.497 e. The molecule has 3 rings (SSSR count). The van der Waals surface area contributed by atoms with Gasteiger partial charge >= 0.3 is 0 Å². The van der Waals surface area contributed by atoms with E-state index >= 15 is 0 Å². The number of carbonyl (C=O) groups is 1. The molecule has 3 aromatic rings. The Labute approximate surface area is 153 Å². The smallest absolute Gasteiger partial charge is 0.252 e. The molecule has 0 bridgehead atoms. The van der Waals surface area contributed by atoms with Crippen LogP contribution in [0.2, 0.25) is 0 Å². The lowest BCUT2D eigenvalue weighted by Gasteiger charge is -2.08. The lowest BCUT2D eigenvalue weighted by atomic mass is 10.1. The molecule has 0 aliphatic carbocycles. The van der Waals surface area contributed by atoms with Gasteiger partial charge in [-0.25, -0.2) is 0 Å². The van der Waals surface area contributed by atoms with Crippen LogP contribution < -0.4 is 15.6 Å². The number of nitrogens with one attached hydrogen (secondary N) is 2. The summed E-state index contributed by atoms with van der Waals surface area (Å²) in [4.78, 5) is 27.3. The third-order valence-electron chi connectivity index (χ3n) is 3.93. The average molecular weight is 401 g/mol. The number of ether oxygens (including phenoxy) is 1. The van der Waals surface area contributed by atoms with Crippen molar-refractivity contribution in [3.8, 4) is 5.75 Å². The van der Waals surface area contributed by atoms with E-state index in [9.17, 15) is 9.59 Å². The second kappa shape index (κ2) is 7.53. The van der Waals surface area contributed by atoms with Crippen molar-refractivity contribution < 1.29 is 9.53 Å². The van der Waals surface area contributed by atoms with Crippen molar-refractivity contribution in [3.05, 3.63) is 74.5 Å². The minimum absolute atomic E-state index is 0.157. The van der Waals surface area contributed by atoms with Gasteiger partial charge in [-0.1, -0.05) is 12.1 Å². The third-order valence-corrected chi connectivity index (χ3v) is 4.62.